The fourth-order valence-electron chi connectivity index (χ4n) is 2.10. The molecule has 0 aliphatic carbocycles. The molecule has 1 saturated heterocycles. The maximum absolute atomic E-state index is 11.9. The summed E-state index contributed by atoms with van der Waals surface area (Å²) in [5.41, 5.74) is 0.886. The van der Waals surface area contributed by atoms with Gasteiger partial charge in [0.25, 0.3) is 0 Å². The lowest BCUT2D eigenvalue weighted by Gasteiger charge is -2.13. The lowest BCUT2D eigenvalue weighted by molar-refractivity contribution is -0.122. The maximum atomic E-state index is 11.9. The molecule has 1 fully saturated rings. The van der Waals surface area contributed by atoms with Crippen LogP contribution in [0, 0.1) is 0 Å². The summed E-state index contributed by atoms with van der Waals surface area (Å²) >= 11 is 5.94. The Hall–Kier alpha value is -0.970. The summed E-state index contributed by atoms with van der Waals surface area (Å²) in [5, 5.41) is 6.70. The molecule has 0 bridgehead atoms. The third-order valence-electron chi connectivity index (χ3n) is 3.07. The number of carbonyl (C=O) groups excluding carboxylic acids is 1. The average Bonchev–Trinajstić information content (AvgIpc) is 2.90. The molecule has 1 aliphatic heterocycles. The van der Waals surface area contributed by atoms with E-state index in [0.29, 0.717) is 11.6 Å². The molecule has 1 unspecified atom stereocenters. The van der Waals surface area contributed by atoms with E-state index in [9.17, 15) is 4.79 Å². The van der Waals surface area contributed by atoms with Gasteiger partial charge in [0, 0.05) is 17.1 Å². The van der Waals surface area contributed by atoms with Crippen LogP contribution in [0.15, 0.2) is 18.2 Å². The van der Waals surface area contributed by atoms with E-state index in [0.717, 1.165) is 30.7 Å². The summed E-state index contributed by atoms with van der Waals surface area (Å²) in [6.07, 6.45) is 1.96. The molecule has 0 radical (unpaired) electrons. The van der Waals surface area contributed by atoms with Crippen molar-refractivity contribution in [2.75, 3.05) is 13.7 Å². The number of hydrogen-bond acceptors (Lipinski definition) is 3. The van der Waals surface area contributed by atoms with Crippen LogP contribution in [0.5, 0.6) is 5.75 Å². The maximum Gasteiger partial charge on any atom is 0.237 e. The number of benzene rings is 1. The van der Waals surface area contributed by atoms with Crippen molar-refractivity contribution in [3.8, 4) is 5.75 Å². The lowest BCUT2D eigenvalue weighted by atomic mass is 10.1. The predicted octanol–water partition coefficient (Wildman–Crippen LogP) is 2.14. The van der Waals surface area contributed by atoms with E-state index < -0.39 is 0 Å². The largest absolute Gasteiger partial charge is 0.496 e. The lowest BCUT2D eigenvalue weighted by Crippen LogP contribution is -2.40. The van der Waals surface area contributed by atoms with E-state index in [2.05, 4.69) is 10.6 Å². The molecule has 6 heteroatoms. The standard InChI is InChI=1S/C13H17ClN2O2.ClH/c1-18-12-5-4-10(14)7-9(12)8-16-13(17)11-3-2-6-15-11;/h4-5,7,11,15H,2-3,6,8H2,1H3,(H,16,17);1H. The summed E-state index contributed by atoms with van der Waals surface area (Å²) in [6.45, 7) is 1.35. The Labute approximate surface area is 124 Å². The van der Waals surface area contributed by atoms with E-state index in [4.69, 9.17) is 16.3 Å². The van der Waals surface area contributed by atoms with Gasteiger partial charge >= 0.3 is 0 Å². The quantitative estimate of drug-likeness (QED) is 0.896. The van der Waals surface area contributed by atoms with E-state index >= 15 is 0 Å². The SMILES string of the molecule is COc1ccc(Cl)cc1CNC(=O)C1CCCN1.Cl. The molecule has 1 aromatic rings. The molecule has 1 atom stereocenters. The Bertz CT molecular complexity index is 435. The second-order valence-electron chi connectivity index (χ2n) is 4.32. The molecule has 106 valence electrons. The highest BCUT2D eigenvalue weighted by Crippen LogP contribution is 2.22. The number of ether oxygens (including phenoxy) is 1. The first kappa shape index (κ1) is 16.1. The van der Waals surface area contributed by atoms with Crippen LogP contribution in [0.3, 0.4) is 0 Å². The average molecular weight is 305 g/mol. The summed E-state index contributed by atoms with van der Waals surface area (Å²) in [4.78, 5) is 11.9. The zero-order valence-electron chi connectivity index (χ0n) is 10.7. The molecule has 0 spiro atoms. The summed E-state index contributed by atoms with van der Waals surface area (Å²) in [7, 11) is 1.60. The van der Waals surface area contributed by atoms with Crippen molar-refractivity contribution >= 4 is 29.9 Å². The molecule has 1 heterocycles. The van der Waals surface area contributed by atoms with Gasteiger partial charge < -0.3 is 15.4 Å². The number of methoxy groups -OCH3 is 1. The molecule has 2 N–H and O–H groups in total. The van der Waals surface area contributed by atoms with E-state index in [1.165, 1.54) is 0 Å². The molecule has 1 amide bonds. The van der Waals surface area contributed by atoms with Crippen molar-refractivity contribution in [2.45, 2.75) is 25.4 Å². The van der Waals surface area contributed by atoms with Gasteiger partial charge in [-0.05, 0) is 37.6 Å². The molecule has 0 aromatic heterocycles. The van der Waals surface area contributed by atoms with Crippen molar-refractivity contribution in [1.29, 1.82) is 0 Å². The van der Waals surface area contributed by atoms with Crippen LogP contribution >= 0.6 is 24.0 Å². The normalized spacial score (nSPS) is 17.7. The first-order chi connectivity index (χ1) is 8.70. The summed E-state index contributed by atoms with van der Waals surface area (Å²) in [5.74, 6) is 0.772. The van der Waals surface area contributed by atoms with Crippen molar-refractivity contribution in [1.82, 2.24) is 10.6 Å². The van der Waals surface area contributed by atoms with E-state index in [1.54, 1.807) is 19.2 Å². The molecule has 0 saturated carbocycles. The molecule has 4 nitrogen and oxygen atoms in total. The van der Waals surface area contributed by atoms with Crippen LogP contribution in [-0.2, 0) is 11.3 Å². The monoisotopic (exact) mass is 304 g/mol. The Balaban J connectivity index is 0.00000180. The minimum atomic E-state index is -0.0600. The van der Waals surface area contributed by atoms with Crippen molar-refractivity contribution < 1.29 is 9.53 Å². The first-order valence-corrected chi connectivity index (χ1v) is 6.42. The topological polar surface area (TPSA) is 50.4 Å². The smallest absolute Gasteiger partial charge is 0.237 e. The van der Waals surface area contributed by atoms with Crippen molar-refractivity contribution in [3.63, 3.8) is 0 Å². The van der Waals surface area contributed by atoms with Crippen LogP contribution in [0.1, 0.15) is 18.4 Å². The summed E-state index contributed by atoms with van der Waals surface area (Å²) < 4.78 is 5.23. The van der Waals surface area contributed by atoms with Gasteiger partial charge in [-0.1, -0.05) is 11.6 Å². The van der Waals surface area contributed by atoms with Gasteiger partial charge in [0.1, 0.15) is 5.75 Å². The second kappa shape index (κ2) is 7.58. The molecular weight excluding hydrogens is 287 g/mol. The van der Waals surface area contributed by atoms with Gasteiger partial charge in [0.15, 0.2) is 0 Å². The third-order valence-corrected chi connectivity index (χ3v) is 3.31. The Morgan fingerprint density at radius 3 is 3.00 bits per heavy atom. The van der Waals surface area contributed by atoms with Crippen LogP contribution in [0.25, 0.3) is 0 Å². The fourth-order valence-corrected chi connectivity index (χ4v) is 2.29. The fraction of sp³-hybridized carbons (Fsp3) is 0.462. The predicted molar refractivity (Wildman–Crippen MR) is 78.1 cm³/mol. The Kier molecular flexibility index (Phi) is 6.42. The van der Waals surface area contributed by atoms with E-state index in [1.807, 2.05) is 6.07 Å². The second-order valence-corrected chi connectivity index (χ2v) is 4.76. The number of hydrogen-bond donors (Lipinski definition) is 2. The van der Waals surface area contributed by atoms with Gasteiger partial charge in [0.05, 0.1) is 13.2 Å². The van der Waals surface area contributed by atoms with Gasteiger partial charge in [0.2, 0.25) is 5.91 Å². The van der Waals surface area contributed by atoms with Crippen molar-refractivity contribution in [3.05, 3.63) is 28.8 Å². The van der Waals surface area contributed by atoms with Gasteiger partial charge in [-0.25, -0.2) is 0 Å². The minimum Gasteiger partial charge on any atom is -0.496 e. The molecule has 2 rings (SSSR count). The highest BCUT2D eigenvalue weighted by molar-refractivity contribution is 6.30. The molecule has 19 heavy (non-hydrogen) atoms. The van der Waals surface area contributed by atoms with Gasteiger partial charge in [-0.3, -0.25) is 4.79 Å². The van der Waals surface area contributed by atoms with Crippen molar-refractivity contribution in [2.24, 2.45) is 0 Å². The van der Waals surface area contributed by atoms with Gasteiger partial charge in [-0.2, -0.15) is 0 Å². The Morgan fingerprint density at radius 1 is 1.58 bits per heavy atom. The van der Waals surface area contributed by atoms with E-state index in [-0.39, 0.29) is 24.4 Å². The number of carbonyl (C=O) groups is 1. The number of nitrogens with one attached hydrogen (secondary N) is 2. The highest BCUT2D eigenvalue weighted by atomic mass is 35.5. The molecular formula is C13H18Cl2N2O2. The zero-order valence-corrected chi connectivity index (χ0v) is 12.3. The first-order valence-electron chi connectivity index (χ1n) is 6.04. The molecule has 1 aromatic carbocycles. The Morgan fingerprint density at radius 2 is 2.37 bits per heavy atom. The van der Waals surface area contributed by atoms with Crippen LogP contribution in [-0.4, -0.2) is 25.6 Å². The number of halogens is 2. The van der Waals surface area contributed by atoms with Gasteiger partial charge in [-0.15, -0.1) is 12.4 Å². The third kappa shape index (κ3) is 4.27. The van der Waals surface area contributed by atoms with Crippen LogP contribution < -0.4 is 15.4 Å². The molecule has 1 aliphatic rings. The zero-order chi connectivity index (χ0) is 13.0. The van der Waals surface area contributed by atoms with Crippen LogP contribution in [0.2, 0.25) is 5.02 Å². The highest BCUT2D eigenvalue weighted by Gasteiger charge is 2.21. The summed E-state index contributed by atoms with van der Waals surface area (Å²) in [6, 6.07) is 5.32. The van der Waals surface area contributed by atoms with Crippen LogP contribution in [0.4, 0.5) is 0 Å². The number of amides is 1. The number of rotatable bonds is 4. The minimum absolute atomic E-state index is 0.